The molecule has 15 heavy (non-hydrogen) atoms. The SMILES string of the molecule is Sc1cc(-c2nccs2)c(S)c(S)c1S. The summed E-state index contributed by atoms with van der Waals surface area (Å²) in [7, 11) is 0. The van der Waals surface area contributed by atoms with Gasteiger partial charge in [-0.25, -0.2) is 4.98 Å². The van der Waals surface area contributed by atoms with E-state index in [1.54, 1.807) is 17.5 Å². The molecule has 0 N–H and O–H groups in total. The lowest BCUT2D eigenvalue weighted by molar-refractivity contribution is 1.05. The standard InChI is InChI=1S/C9H7NS5/c11-5-3-4(9-10-1-2-15-9)6(12)8(14)7(5)13/h1-3,11-14H. The minimum atomic E-state index is 0.736. The Morgan fingerprint density at radius 1 is 1.00 bits per heavy atom. The van der Waals surface area contributed by atoms with E-state index in [0.29, 0.717) is 0 Å². The average Bonchev–Trinajstić information content (AvgIpc) is 2.73. The molecule has 1 aromatic carbocycles. The summed E-state index contributed by atoms with van der Waals surface area (Å²) >= 11 is 19.0. The zero-order chi connectivity index (χ0) is 11.0. The van der Waals surface area contributed by atoms with Crippen molar-refractivity contribution < 1.29 is 0 Å². The number of nitrogens with zero attached hydrogens (tertiary/aromatic N) is 1. The summed E-state index contributed by atoms with van der Waals surface area (Å²) in [6.45, 7) is 0. The van der Waals surface area contributed by atoms with Crippen LogP contribution in [0.5, 0.6) is 0 Å². The fourth-order valence-corrected chi connectivity index (χ4v) is 3.01. The molecule has 1 heterocycles. The predicted octanol–water partition coefficient (Wildman–Crippen LogP) is 3.96. The molecular formula is C9H7NS5. The minimum absolute atomic E-state index is 0.736. The molecule has 0 aliphatic heterocycles. The third kappa shape index (κ3) is 2.19. The van der Waals surface area contributed by atoms with E-state index in [2.05, 4.69) is 55.5 Å². The van der Waals surface area contributed by atoms with Crippen LogP contribution in [0.4, 0.5) is 0 Å². The lowest BCUT2D eigenvalue weighted by Crippen LogP contribution is -1.85. The van der Waals surface area contributed by atoms with E-state index in [1.165, 1.54) is 0 Å². The predicted molar refractivity (Wildman–Crippen MR) is 76.6 cm³/mol. The molecule has 6 heteroatoms. The lowest BCUT2D eigenvalue weighted by Gasteiger charge is -2.09. The lowest BCUT2D eigenvalue weighted by atomic mass is 10.2. The van der Waals surface area contributed by atoms with Crippen LogP contribution in [0.2, 0.25) is 0 Å². The smallest absolute Gasteiger partial charge is 0.124 e. The molecule has 0 saturated carbocycles. The Kier molecular flexibility index (Phi) is 3.62. The van der Waals surface area contributed by atoms with Crippen LogP contribution in [0, 0.1) is 0 Å². The molecule has 0 bridgehead atoms. The first kappa shape index (κ1) is 11.7. The Labute approximate surface area is 114 Å². The van der Waals surface area contributed by atoms with Gasteiger partial charge in [-0.3, -0.25) is 0 Å². The van der Waals surface area contributed by atoms with Crippen LogP contribution < -0.4 is 0 Å². The number of rotatable bonds is 1. The van der Waals surface area contributed by atoms with E-state index >= 15 is 0 Å². The van der Waals surface area contributed by atoms with Crippen molar-refractivity contribution in [2.24, 2.45) is 0 Å². The zero-order valence-corrected chi connectivity index (χ0v) is 11.8. The third-order valence-electron chi connectivity index (χ3n) is 1.89. The van der Waals surface area contributed by atoms with Gasteiger partial charge in [0.1, 0.15) is 5.01 Å². The second-order valence-electron chi connectivity index (χ2n) is 2.83. The zero-order valence-electron chi connectivity index (χ0n) is 7.38. The van der Waals surface area contributed by atoms with Gasteiger partial charge >= 0.3 is 0 Å². The summed E-state index contributed by atoms with van der Waals surface area (Å²) < 4.78 is 0. The maximum Gasteiger partial charge on any atom is 0.124 e. The monoisotopic (exact) mass is 289 g/mol. The Hall–Kier alpha value is 0.250. The highest BCUT2D eigenvalue weighted by molar-refractivity contribution is 7.86. The number of hydrogen-bond acceptors (Lipinski definition) is 6. The summed E-state index contributed by atoms with van der Waals surface area (Å²) in [5.74, 6) is 0. The molecule has 0 aliphatic rings. The molecule has 78 valence electrons. The van der Waals surface area contributed by atoms with Crippen LogP contribution in [-0.2, 0) is 0 Å². The van der Waals surface area contributed by atoms with Crippen LogP contribution in [-0.4, -0.2) is 4.98 Å². The summed E-state index contributed by atoms with van der Waals surface area (Å²) in [6.07, 6.45) is 1.76. The van der Waals surface area contributed by atoms with Crippen LogP contribution in [0.1, 0.15) is 0 Å². The summed E-state index contributed by atoms with van der Waals surface area (Å²) in [4.78, 5) is 7.29. The maximum absolute atomic E-state index is 4.42. The number of benzene rings is 1. The van der Waals surface area contributed by atoms with E-state index in [4.69, 9.17) is 0 Å². The van der Waals surface area contributed by atoms with Gasteiger partial charge in [0, 0.05) is 36.7 Å². The van der Waals surface area contributed by atoms with Crippen LogP contribution in [0.25, 0.3) is 10.6 Å². The molecule has 0 unspecified atom stereocenters. The van der Waals surface area contributed by atoms with E-state index in [0.717, 1.165) is 30.2 Å². The van der Waals surface area contributed by atoms with E-state index in [9.17, 15) is 0 Å². The molecule has 0 saturated heterocycles. The van der Waals surface area contributed by atoms with Crippen LogP contribution in [0.15, 0.2) is 37.2 Å². The third-order valence-corrected chi connectivity index (χ3v) is 4.95. The van der Waals surface area contributed by atoms with Crippen molar-refractivity contribution in [2.45, 2.75) is 19.6 Å². The number of aromatic nitrogens is 1. The topological polar surface area (TPSA) is 12.9 Å². The van der Waals surface area contributed by atoms with Gasteiger partial charge in [0.25, 0.3) is 0 Å². The normalized spacial score (nSPS) is 10.7. The first-order valence-electron chi connectivity index (χ1n) is 3.98. The maximum atomic E-state index is 4.42. The fraction of sp³-hybridized carbons (Fsp3) is 0. The molecule has 0 spiro atoms. The Morgan fingerprint density at radius 3 is 2.33 bits per heavy atom. The van der Waals surface area contributed by atoms with Gasteiger partial charge in [-0.05, 0) is 6.07 Å². The quantitative estimate of drug-likeness (QED) is 0.583. The molecule has 1 aromatic heterocycles. The molecule has 1 nitrogen and oxygen atoms in total. The van der Waals surface area contributed by atoms with Crippen molar-refractivity contribution in [3.8, 4) is 10.6 Å². The average molecular weight is 289 g/mol. The van der Waals surface area contributed by atoms with Gasteiger partial charge in [-0.15, -0.1) is 61.9 Å². The molecule has 0 radical (unpaired) electrons. The van der Waals surface area contributed by atoms with E-state index < -0.39 is 0 Å². The summed E-state index contributed by atoms with van der Waals surface area (Å²) in [6, 6.07) is 1.91. The Bertz CT molecular complexity index is 492. The molecule has 0 aliphatic carbocycles. The molecule has 0 fully saturated rings. The molecule has 0 atom stereocenters. The van der Waals surface area contributed by atoms with Crippen molar-refractivity contribution >= 4 is 61.9 Å². The highest BCUT2D eigenvalue weighted by atomic mass is 32.1. The van der Waals surface area contributed by atoms with Crippen molar-refractivity contribution in [2.75, 3.05) is 0 Å². The first-order chi connectivity index (χ1) is 7.11. The van der Waals surface area contributed by atoms with Crippen molar-refractivity contribution in [1.82, 2.24) is 4.98 Å². The first-order valence-corrected chi connectivity index (χ1v) is 6.65. The summed E-state index contributed by atoms with van der Waals surface area (Å²) in [5.41, 5.74) is 0.945. The second-order valence-corrected chi connectivity index (χ2v) is 5.54. The van der Waals surface area contributed by atoms with Crippen molar-refractivity contribution in [3.63, 3.8) is 0 Å². The van der Waals surface area contributed by atoms with Crippen LogP contribution >= 0.6 is 61.9 Å². The van der Waals surface area contributed by atoms with Gasteiger partial charge in [0.05, 0.1) is 0 Å². The van der Waals surface area contributed by atoms with Gasteiger partial charge in [-0.2, -0.15) is 0 Å². The van der Waals surface area contributed by atoms with E-state index in [-0.39, 0.29) is 0 Å². The summed E-state index contributed by atoms with van der Waals surface area (Å²) in [5, 5.41) is 2.84. The minimum Gasteiger partial charge on any atom is -0.245 e. The highest BCUT2D eigenvalue weighted by Crippen LogP contribution is 2.39. The van der Waals surface area contributed by atoms with Crippen molar-refractivity contribution in [1.29, 1.82) is 0 Å². The number of thiazole rings is 1. The number of hydrogen-bond donors (Lipinski definition) is 4. The van der Waals surface area contributed by atoms with Gasteiger partial charge in [0.15, 0.2) is 0 Å². The van der Waals surface area contributed by atoms with Gasteiger partial charge in [0.2, 0.25) is 0 Å². The van der Waals surface area contributed by atoms with Gasteiger partial charge < -0.3 is 0 Å². The van der Waals surface area contributed by atoms with Crippen molar-refractivity contribution in [3.05, 3.63) is 17.6 Å². The Balaban J connectivity index is 2.69. The molecule has 2 aromatic rings. The fourth-order valence-electron chi connectivity index (χ4n) is 1.15. The van der Waals surface area contributed by atoms with E-state index in [1.807, 2.05) is 11.4 Å². The van der Waals surface area contributed by atoms with Gasteiger partial charge in [-0.1, -0.05) is 0 Å². The second kappa shape index (κ2) is 4.63. The highest BCUT2D eigenvalue weighted by Gasteiger charge is 2.12. The van der Waals surface area contributed by atoms with Crippen LogP contribution in [0.3, 0.4) is 0 Å². The molecule has 2 rings (SSSR count). The molecule has 0 amide bonds. The largest absolute Gasteiger partial charge is 0.245 e. The number of thiol groups is 4. The molecular weight excluding hydrogens is 282 g/mol. The Morgan fingerprint density at radius 2 is 1.73 bits per heavy atom.